The Morgan fingerprint density at radius 1 is 1.30 bits per heavy atom. The van der Waals surface area contributed by atoms with E-state index in [-0.39, 0.29) is 5.78 Å². The third kappa shape index (κ3) is 2.12. The number of carbonyl (C=O) groups is 1. The van der Waals surface area contributed by atoms with Gasteiger partial charge in [-0.15, -0.1) is 0 Å². The molecule has 1 aromatic carbocycles. The number of hydrogen-bond donors (Lipinski definition) is 0. The number of aromatic nitrogens is 1. The zero-order chi connectivity index (χ0) is 14.0. The lowest BCUT2D eigenvalue weighted by molar-refractivity contribution is -0.0162. The van der Waals surface area contributed by atoms with Crippen LogP contribution < -0.4 is 0 Å². The summed E-state index contributed by atoms with van der Waals surface area (Å²) in [5.74, 6) is 0.121. The molecule has 0 aliphatic heterocycles. The molecule has 0 atom stereocenters. The largest absolute Gasteiger partial charge is 0.367 e. The Labute approximate surface area is 119 Å². The minimum Gasteiger partial charge on any atom is -0.367 e. The van der Waals surface area contributed by atoms with Crippen molar-refractivity contribution in [2.75, 3.05) is 6.61 Å². The van der Waals surface area contributed by atoms with Gasteiger partial charge in [0.15, 0.2) is 5.78 Å². The molecule has 1 aromatic heterocycles. The second-order valence-electron chi connectivity index (χ2n) is 5.37. The van der Waals surface area contributed by atoms with E-state index in [0.717, 1.165) is 42.0 Å². The monoisotopic (exact) mass is 269 g/mol. The number of nitrogens with zero attached hydrogens (tertiary/aromatic N) is 1. The number of ketones is 1. The molecular formula is C17H19NO2. The number of carbonyl (C=O) groups excluding carboxylic acids is 1. The molecule has 1 saturated carbocycles. The maximum Gasteiger partial charge on any atom is 0.195 e. The second-order valence-corrected chi connectivity index (χ2v) is 5.37. The normalized spacial score (nSPS) is 17.4. The van der Waals surface area contributed by atoms with Gasteiger partial charge in [-0.3, -0.25) is 9.78 Å². The molecule has 1 fully saturated rings. The van der Waals surface area contributed by atoms with Crippen LogP contribution in [0.5, 0.6) is 0 Å². The quantitative estimate of drug-likeness (QED) is 0.793. The minimum atomic E-state index is -0.612. The number of fused-ring (bicyclic) bond motifs is 1. The Bertz CT molecular complexity index is 624. The predicted octanol–water partition coefficient (Wildman–Crippen LogP) is 3.77. The molecular weight excluding hydrogens is 250 g/mol. The molecule has 0 N–H and O–H groups in total. The van der Waals surface area contributed by atoms with Gasteiger partial charge in [-0.1, -0.05) is 18.2 Å². The van der Waals surface area contributed by atoms with Crippen LogP contribution in [0.2, 0.25) is 0 Å². The Morgan fingerprint density at radius 2 is 2.10 bits per heavy atom. The van der Waals surface area contributed by atoms with E-state index in [4.69, 9.17) is 4.74 Å². The van der Waals surface area contributed by atoms with E-state index in [2.05, 4.69) is 4.98 Å². The first kappa shape index (κ1) is 13.3. The summed E-state index contributed by atoms with van der Waals surface area (Å²) in [4.78, 5) is 17.2. The van der Waals surface area contributed by atoms with Crippen LogP contribution in [0.1, 0.15) is 43.0 Å². The highest BCUT2D eigenvalue weighted by Gasteiger charge is 2.42. The third-order valence-corrected chi connectivity index (χ3v) is 4.17. The number of Topliss-reactive ketones (excluding diaryl/α,β-unsaturated/α-hetero) is 1. The highest BCUT2D eigenvalue weighted by Crippen LogP contribution is 2.37. The molecule has 3 rings (SSSR count). The first-order valence-corrected chi connectivity index (χ1v) is 7.28. The minimum absolute atomic E-state index is 0.121. The standard InChI is InChI=1S/C17H19NO2/c1-2-20-17(9-3-4-10-17)16(19)14-7-5-6-13-8-11-18-12-15(13)14/h5-8,11-12H,2-4,9-10H2,1H3. The maximum atomic E-state index is 13.0. The van der Waals surface area contributed by atoms with Gasteiger partial charge >= 0.3 is 0 Å². The Kier molecular flexibility index (Phi) is 3.53. The van der Waals surface area contributed by atoms with Crippen LogP contribution in [0.15, 0.2) is 36.7 Å². The fourth-order valence-electron chi connectivity index (χ4n) is 3.22. The first-order valence-electron chi connectivity index (χ1n) is 7.28. The lowest BCUT2D eigenvalue weighted by Crippen LogP contribution is -2.39. The molecule has 0 saturated heterocycles. The van der Waals surface area contributed by atoms with Gasteiger partial charge in [0.2, 0.25) is 0 Å². The summed E-state index contributed by atoms with van der Waals surface area (Å²) in [6.45, 7) is 2.53. The molecule has 0 amide bonds. The van der Waals surface area contributed by atoms with Crippen molar-refractivity contribution < 1.29 is 9.53 Å². The number of ether oxygens (including phenoxy) is 1. The van der Waals surface area contributed by atoms with Gasteiger partial charge in [-0.05, 0) is 44.1 Å². The number of pyridine rings is 1. The van der Waals surface area contributed by atoms with Gasteiger partial charge in [-0.25, -0.2) is 0 Å². The third-order valence-electron chi connectivity index (χ3n) is 4.17. The van der Waals surface area contributed by atoms with Gasteiger partial charge in [0.1, 0.15) is 5.60 Å². The molecule has 0 unspecified atom stereocenters. The zero-order valence-corrected chi connectivity index (χ0v) is 11.8. The summed E-state index contributed by atoms with van der Waals surface area (Å²) in [7, 11) is 0. The van der Waals surface area contributed by atoms with Crippen LogP contribution >= 0.6 is 0 Å². The molecule has 104 valence electrons. The van der Waals surface area contributed by atoms with Crippen LogP contribution in [0.4, 0.5) is 0 Å². The molecule has 0 bridgehead atoms. The van der Waals surface area contributed by atoms with E-state index in [1.165, 1.54) is 0 Å². The van der Waals surface area contributed by atoms with E-state index >= 15 is 0 Å². The summed E-state index contributed by atoms with van der Waals surface area (Å²) in [5, 5.41) is 1.97. The maximum absolute atomic E-state index is 13.0. The molecule has 1 aliphatic carbocycles. The van der Waals surface area contributed by atoms with Crippen molar-refractivity contribution in [3.05, 3.63) is 42.2 Å². The average molecular weight is 269 g/mol. The fourth-order valence-corrected chi connectivity index (χ4v) is 3.22. The van der Waals surface area contributed by atoms with Crippen molar-refractivity contribution in [3.63, 3.8) is 0 Å². The number of benzene rings is 1. The van der Waals surface area contributed by atoms with E-state index in [9.17, 15) is 4.79 Å². The summed E-state index contributed by atoms with van der Waals surface area (Å²) in [5.41, 5.74) is 0.129. The first-order chi connectivity index (χ1) is 9.77. The molecule has 0 radical (unpaired) electrons. The molecule has 3 nitrogen and oxygen atoms in total. The summed E-state index contributed by atoms with van der Waals surface area (Å²) in [6.07, 6.45) is 7.32. The molecule has 1 aliphatic rings. The van der Waals surface area contributed by atoms with E-state index < -0.39 is 5.60 Å². The molecule has 20 heavy (non-hydrogen) atoms. The van der Waals surface area contributed by atoms with Crippen LogP contribution in [-0.4, -0.2) is 23.0 Å². The smallest absolute Gasteiger partial charge is 0.195 e. The zero-order valence-electron chi connectivity index (χ0n) is 11.8. The van der Waals surface area contributed by atoms with E-state index in [1.54, 1.807) is 12.4 Å². The van der Waals surface area contributed by atoms with Crippen molar-refractivity contribution in [2.45, 2.75) is 38.2 Å². The average Bonchev–Trinajstić information content (AvgIpc) is 2.96. The van der Waals surface area contributed by atoms with Crippen molar-refractivity contribution in [3.8, 4) is 0 Å². The van der Waals surface area contributed by atoms with Crippen LogP contribution in [0, 0.1) is 0 Å². The van der Waals surface area contributed by atoms with E-state index in [1.807, 2.05) is 31.2 Å². The predicted molar refractivity (Wildman–Crippen MR) is 78.9 cm³/mol. The van der Waals surface area contributed by atoms with Crippen molar-refractivity contribution >= 4 is 16.6 Å². The molecule has 2 aromatic rings. The van der Waals surface area contributed by atoms with Gasteiger partial charge in [0.25, 0.3) is 0 Å². The lowest BCUT2D eigenvalue weighted by atomic mass is 9.89. The van der Waals surface area contributed by atoms with Gasteiger partial charge in [0.05, 0.1) is 0 Å². The van der Waals surface area contributed by atoms with Crippen LogP contribution in [0.3, 0.4) is 0 Å². The summed E-state index contributed by atoms with van der Waals surface area (Å²) in [6, 6.07) is 7.78. The van der Waals surface area contributed by atoms with Gasteiger partial charge < -0.3 is 4.74 Å². The topological polar surface area (TPSA) is 39.2 Å². The fraction of sp³-hybridized carbons (Fsp3) is 0.412. The highest BCUT2D eigenvalue weighted by atomic mass is 16.5. The van der Waals surface area contributed by atoms with Gasteiger partial charge in [-0.2, -0.15) is 0 Å². The Hall–Kier alpha value is -1.74. The Balaban J connectivity index is 2.08. The lowest BCUT2D eigenvalue weighted by Gasteiger charge is -2.27. The van der Waals surface area contributed by atoms with Crippen LogP contribution in [-0.2, 0) is 4.74 Å². The number of rotatable bonds is 4. The number of hydrogen-bond acceptors (Lipinski definition) is 3. The Morgan fingerprint density at radius 3 is 2.85 bits per heavy atom. The van der Waals surface area contributed by atoms with Crippen LogP contribution in [0.25, 0.3) is 10.8 Å². The highest BCUT2D eigenvalue weighted by molar-refractivity contribution is 6.11. The molecule has 0 spiro atoms. The van der Waals surface area contributed by atoms with E-state index in [0.29, 0.717) is 6.61 Å². The summed E-state index contributed by atoms with van der Waals surface area (Å²) >= 11 is 0. The summed E-state index contributed by atoms with van der Waals surface area (Å²) < 4.78 is 5.89. The van der Waals surface area contributed by atoms with Crippen molar-refractivity contribution in [2.24, 2.45) is 0 Å². The molecule has 1 heterocycles. The van der Waals surface area contributed by atoms with Crippen molar-refractivity contribution in [1.29, 1.82) is 0 Å². The van der Waals surface area contributed by atoms with Crippen molar-refractivity contribution in [1.82, 2.24) is 4.98 Å². The molecule has 3 heteroatoms. The SMILES string of the molecule is CCOC1(C(=O)c2cccc3ccncc23)CCCC1. The van der Waals surface area contributed by atoms with Gasteiger partial charge in [0, 0.05) is 30.0 Å². The second kappa shape index (κ2) is 5.33.